The van der Waals surface area contributed by atoms with Gasteiger partial charge in [-0.05, 0) is 55.7 Å². The molecule has 0 fully saturated rings. The van der Waals surface area contributed by atoms with Gasteiger partial charge in [0.15, 0.2) is 0 Å². The van der Waals surface area contributed by atoms with E-state index in [4.69, 9.17) is 5.11 Å². The first kappa shape index (κ1) is 16.2. The Kier molecular flexibility index (Phi) is 3.50. The van der Waals surface area contributed by atoms with Crippen molar-refractivity contribution in [1.82, 2.24) is 9.97 Å². The summed E-state index contributed by atoms with van der Waals surface area (Å²) < 4.78 is 0. The second kappa shape index (κ2) is 5.62. The number of nitrogens with one attached hydrogen (secondary N) is 1. The highest BCUT2D eigenvalue weighted by Gasteiger charge is 2.43. The number of carboxylic acid groups (broad SMARTS) is 1. The van der Waals surface area contributed by atoms with Gasteiger partial charge in [0.05, 0.1) is 10.9 Å². The number of hydrogen-bond acceptors (Lipinski definition) is 4. The molecule has 3 aromatic rings. The second-order valence-electron chi connectivity index (χ2n) is 6.84. The summed E-state index contributed by atoms with van der Waals surface area (Å²) >= 11 is 0. The largest absolute Gasteiger partial charge is 0.477 e. The minimum Gasteiger partial charge on any atom is -0.477 e. The molecule has 0 saturated heterocycles. The zero-order chi connectivity index (χ0) is 18.5. The van der Waals surface area contributed by atoms with E-state index in [2.05, 4.69) is 15.3 Å². The number of aromatic carboxylic acids is 1. The first-order chi connectivity index (χ1) is 12.4. The molecule has 0 bridgehead atoms. The van der Waals surface area contributed by atoms with E-state index in [1.807, 2.05) is 38.1 Å². The average Bonchev–Trinajstić information content (AvgIpc) is 2.86. The smallest absolute Gasteiger partial charge is 0.354 e. The van der Waals surface area contributed by atoms with Crippen molar-refractivity contribution in [2.24, 2.45) is 0 Å². The van der Waals surface area contributed by atoms with Gasteiger partial charge in [-0.1, -0.05) is 12.1 Å². The van der Waals surface area contributed by atoms with Crippen LogP contribution in [0.15, 0.2) is 42.6 Å². The predicted molar refractivity (Wildman–Crippen MR) is 97.4 cm³/mol. The van der Waals surface area contributed by atoms with Crippen molar-refractivity contribution in [2.45, 2.75) is 25.7 Å². The molecule has 1 aliphatic heterocycles. The Morgan fingerprint density at radius 1 is 1.27 bits per heavy atom. The number of aryl methyl sites for hydroxylation is 1. The number of anilines is 1. The van der Waals surface area contributed by atoms with Crippen LogP contribution in [0.2, 0.25) is 0 Å². The number of benzene rings is 1. The average molecular weight is 347 g/mol. The van der Waals surface area contributed by atoms with Crippen molar-refractivity contribution in [3.05, 3.63) is 65.0 Å². The van der Waals surface area contributed by atoms with Gasteiger partial charge in [0.2, 0.25) is 5.91 Å². The quantitative estimate of drug-likeness (QED) is 0.759. The SMILES string of the molecule is Cc1cc2ccc(C(=O)O)nc2cc1CC1(C)C(=O)Nc2ncccc21. The van der Waals surface area contributed by atoms with Gasteiger partial charge in [0.25, 0.3) is 0 Å². The Bertz CT molecular complexity index is 1080. The van der Waals surface area contributed by atoms with Crippen LogP contribution in [0.4, 0.5) is 5.82 Å². The number of aromatic nitrogens is 2. The van der Waals surface area contributed by atoms with Gasteiger partial charge in [-0.3, -0.25) is 4.79 Å². The molecule has 6 heteroatoms. The minimum absolute atomic E-state index is 0.00618. The van der Waals surface area contributed by atoms with Crippen molar-refractivity contribution >= 4 is 28.6 Å². The lowest BCUT2D eigenvalue weighted by molar-refractivity contribution is -0.120. The van der Waals surface area contributed by atoms with Crippen molar-refractivity contribution in [1.29, 1.82) is 0 Å². The van der Waals surface area contributed by atoms with Crippen LogP contribution in [0.3, 0.4) is 0 Å². The number of amides is 1. The van der Waals surface area contributed by atoms with Crippen molar-refractivity contribution in [3.63, 3.8) is 0 Å². The van der Waals surface area contributed by atoms with Crippen LogP contribution in [0.1, 0.15) is 34.1 Å². The van der Waals surface area contributed by atoms with Gasteiger partial charge in [0, 0.05) is 17.1 Å². The van der Waals surface area contributed by atoms with Crippen molar-refractivity contribution in [3.8, 4) is 0 Å². The molecule has 1 amide bonds. The van der Waals surface area contributed by atoms with Crippen LogP contribution < -0.4 is 5.32 Å². The zero-order valence-electron chi connectivity index (χ0n) is 14.4. The molecular formula is C20H17N3O3. The Morgan fingerprint density at radius 2 is 2.08 bits per heavy atom. The van der Waals surface area contributed by atoms with Gasteiger partial charge in [-0.15, -0.1) is 0 Å². The molecule has 0 spiro atoms. The predicted octanol–water partition coefficient (Wildman–Crippen LogP) is 3.09. The molecule has 0 saturated carbocycles. The fourth-order valence-corrected chi connectivity index (χ4v) is 3.51. The Hall–Kier alpha value is -3.28. The summed E-state index contributed by atoms with van der Waals surface area (Å²) in [5, 5.41) is 12.9. The van der Waals surface area contributed by atoms with E-state index in [9.17, 15) is 9.59 Å². The van der Waals surface area contributed by atoms with E-state index < -0.39 is 11.4 Å². The maximum Gasteiger partial charge on any atom is 0.354 e. The highest BCUT2D eigenvalue weighted by molar-refractivity contribution is 6.05. The topological polar surface area (TPSA) is 92.2 Å². The molecule has 6 nitrogen and oxygen atoms in total. The zero-order valence-corrected chi connectivity index (χ0v) is 14.4. The lowest BCUT2D eigenvalue weighted by Crippen LogP contribution is -2.33. The molecule has 3 heterocycles. The summed E-state index contributed by atoms with van der Waals surface area (Å²) in [5.74, 6) is -0.543. The third kappa shape index (κ3) is 2.42. The number of fused-ring (bicyclic) bond motifs is 2. The third-order valence-corrected chi connectivity index (χ3v) is 5.05. The van der Waals surface area contributed by atoms with E-state index >= 15 is 0 Å². The number of hydrogen-bond donors (Lipinski definition) is 2. The standard InChI is InChI=1S/C20H17N3O3/c1-11-8-12-5-6-15(18(24)25)22-16(12)9-13(11)10-20(2)14-4-3-7-21-17(14)23-19(20)26/h3-9H,10H2,1-2H3,(H,24,25)(H,21,23,26). The summed E-state index contributed by atoms with van der Waals surface area (Å²) in [6.45, 7) is 3.89. The number of carbonyl (C=O) groups is 2. The van der Waals surface area contributed by atoms with Gasteiger partial charge < -0.3 is 10.4 Å². The number of nitrogens with zero attached hydrogens (tertiary/aromatic N) is 2. The summed E-state index contributed by atoms with van der Waals surface area (Å²) in [4.78, 5) is 32.3. The highest BCUT2D eigenvalue weighted by Crippen LogP contribution is 2.39. The van der Waals surface area contributed by atoms with Crippen LogP contribution >= 0.6 is 0 Å². The Balaban J connectivity index is 1.81. The lowest BCUT2D eigenvalue weighted by atomic mass is 9.78. The van der Waals surface area contributed by atoms with E-state index in [-0.39, 0.29) is 11.6 Å². The number of rotatable bonds is 3. The molecule has 26 heavy (non-hydrogen) atoms. The molecule has 4 rings (SSSR count). The Labute approximate surface area is 149 Å². The molecule has 2 N–H and O–H groups in total. The van der Waals surface area contributed by atoms with E-state index in [1.54, 1.807) is 12.3 Å². The van der Waals surface area contributed by atoms with Crippen LogP contribution in [0.5, 0.6) is 0 Å². The fourth-order valence-electron chi connectivity index (χ4n) is 3.51. The van der Waals surface area contributed by atoms with E-state index in [0.717, 1.165) is 22.1 Å². The summed E-state index contributed by atoms with van der Waals surface area (Å²) in [7, 11) is 0. The van der Waals surface area contributed by atoms with Gasteiger partial charge in [-0.25, -0.2) is 14.8 Å². The summed E-state index contributed by atoms with van der Waals surface area (Å²) in [6.07, 6.45) is 2.14. The molecular weight excluding hydrogens is 330 g/mol. The molecule has 2 aromatic heterocycles. The summed E-state index contributed by atoms with van der Waals surface area (Å²) in [5.41, 5.74) is 2.75. The number of carbonyl (C=O) groups excluding carboxylic acids is 1. The van der Waals surface area contributed by atoms with E-state index in [1.165, 1.54) is 6.07 Å². The maximum absolute atomic E-state index is 12.6. The van der Waals surface area contributed by atoms with Crippen molar-refractivity contribution < 1.29 is 14.7 Å². The molecule has 1 atom stereocenters. The number of carboxylic acids is 1. The Morgan fingerprint density at radius 3 is 2.85 bits per heavy atom. The molecule has 0 radical (unpaired) electrons. The minimum atomic E-state index is -1.06. The normalized spacial score (nSPS) is 18.6. The molecule has 0 aliphatic carbocycles. The molecule has 1 aliphatic rings. The van der Waals surface area contributed by atoms with Crippen LogP contribution in [0.25, 0.3) is 10.9 Å². The van der Waals surface area contributed by atoms with Gasteiger partial charge in [-0.2, -0.15) is 0 Å². The fraction of sp³-hybridized carbons (Fsp3) is 0.200. The maximum atomic E-state index is 12.6. The van der Waals surface area contributed by atoms with Crippen molar-refractivity contribution in [2.75, 3.05) is 5.32 Å². The van der Waals surface area contributed by atoms with Crippen LogP contribution in [-0.2, 0) is 16.6 Å². The molecule has 1 unspecified atom stereocenters. The summed E-state index contributed by atoms with van der Waals surface area (Å²) in [6, 6.07) is 10.8. The van der Waals surface area contributed by atoms with Crippen LogP contribution in [-0.4, -0.2) is 27.0 Å². The lowest BCUT2D eigenvalue weighted by Gasteiger charge is -2.23. The first-order valence-corrected chi connectivity index (χ1v) is 8.29. The highest BCUT2D eigenvalue weighted by atomic mass is 16.4. The number of pyridine rings is 2. The first-order valence-electron chi connectivity index (χ1n) is 8.29. The molecule has 130 valence electrons. The van der Waals surface area contributed by atoms with E-state index in [0.29, 0.717) is 17.8 Å². The monoisotopic (exact) mass is 347 g/mol. The second-order valence-corrected chi connectivity index (χ2v) is 6.84. The van der Waals surface area contributed by atoms with Crippen LogP contribution in [0, 0.1) is 6.92 Å². The third-order valence-electron chi connectivity index (χ3n) is 5.05. The molecule has 1 aromatic carbocycles. The van der Waals surface area contributed by atoms with Gasteiger partial charge in [0.1, 0.15) is 11.5 Å². The van der Waals surface area contributed by atoms with Gasteiger partial charge >= 0.3 is 5.97 Å².